The van der Waals surface area contributed by atoms with Crippen molar-refractivity contribution in [1.82, 2.24) is 10.2 Å². The van der Waals surface area contributed by atoms with Crippen molar-refractivity contribution in [1.29, 1.82) is 0 Å². The average Bonchev–Trinajstić information content (AvgIpc) is 2.76. The molecule has 3 atom stereocenters. The molecule has 4 heteroatoms. The number of hydrogen-bond acceptors (Lipinski definition) is 3. The zero-order chi connectivity index (χ0) is 14.1. The van der Waals surface area contributed by atoms with Crippen molar-refractivity contribution >= 4 is 15.9 Å². The summed E-state index contributed by atoms with van der Waals surface area (Å²) in [5.74, 6) is 0.419. The van der Waals surface area contributed by atoms with E-state index >= 15 is 0 Å². The lowest BCUT2D eigenvalue weighted by molar-refractivity contribution is 0.179. The highest BCUT2D eigenvalue weighted by atomic mass is 79.9. The second-order valence-electron chi connectivity index (χ2n) is 6.05. The van der Waals surface area contributed by atoms with Gasteiger partial charge in [0.2, 0.25) is 0 Å². The monoisotopic (exact) mass is 338 g/mol. The van der Waals surface area contributed by atoms with Crippen LogP contribution in [0.2, 0.25) is 0 Å². The van der Waals surface area contributed by atoms with Crippen molar-refractivity contribution in [2.45, 2.75) is 50.7 Å². The Labute approximate surface area is 129 Å². The van der Waals surface area contributed by atoms with Crippen molar-refractivity contribution in [2.24, 2.45) is 0 Å². The van der Waals surface area contributed by atoms with Gasteiger partial charge in [-0.1, -0.05) is 22.9 Å². The smallest absolute Gasteiger partial charge is 0.120 e. The van der Waals surface area contributed by atoms with Crippen molar-refractivity contribution in [3.63, 3.8) is 0 Å². The Morgan fingerprint density at radius 1 is 1.35 bits per heavy atom. The van der Waals surface area contributed by atoms with E-state index in [1.807, 2.05) is 6.07 Å². The fraction of sp³-hybridized carbons (Fsp3) is 0.625. The SMILES string of the molecule is CCC(c1cc(Br)ccc1O)N1CCC2CCC(C1)N2. The van der Waals surface area contributed by atoms with Crippen LogP contribution in [0.4, 0.5) is 0 Å². The number of benzene rings is 1. The molecular weight excluding hydrogens is 316 g/mol. The van der Waals surface area contributed by atoms with E-state index in [4.69, 9.17) is 0 Å². The molecule has 2 N–H and O–H groups in total. The van der Waals surface area contributed by atoms with Gasteiger partial charge in [-0.2, -0.15) is 0 Å². The minimum absolute atomic E-state index is 0.314. The number of nitrogens with zero attached hydrogens (tertiary/aromatic N) is 1. The maximum Gasteiger partial charge on any atom is 0.120 e. The van der Waals surface area contributed by atoms with Crippen LogP contribution in [0.1, 0.15) is 44.2 Å². The van der Waals surface area contributed by atoms with Gasteiger partial charge in [0.1, 0.15) is 5.75 Å². The zero-order valence-electron chi connectivity index (χ0n) is 12.0. The van der Waals surface area contributed by atoms with Gasteiger partial charge < -0.3 is 10.4 Å². The Hall–Kier alpha value is -0.580. The van der Waals surface area contributed by atoms with Gasteiger partial charge in [0.25, 0.3) is 0 Å². The van der Waals surface area contributed by atoms with Crippen LogP contribution in [0.15, 0.2) is 22.7 Å². The molecule has 3 nitrogen and oxygen atoms in total. The number of fused-ring (bicyclic) bond motifs is 2. The summed E-state index contributed by atoms with van der Waals surface area (Å²) in [6.45, 7) is 4.43. The first-order chi connectivity index (χ1) is 9.67. The summed E-state index contributed by atoms with van der Waals surface area (Å²) in [5, 5.41) is 13.9. The predicted octanol–water partition coefficient (Wildman–Crippen LogP) is 3.43. The number of halogens is 1. The summed E-state index contributed by atoms with van der Waals surface area (Å²) in [6, 6.07) is 7.42. The van der Waals surface area contributed by atoms with Crippen molar-refractivity contribution in [2.75, 3.05) is 13.1 Å². The van der Waals surface area contributed by atoms with E-state index in [9.17, 15) is 5.11 Å². The van der Waals surface area contributed by atoms with E-state index in [-0.39, 0.29) is 0 Å². The number of phenolic OH excluding ortho intramolecular Hbond substituents is 1. The van der Waals surface area contributed by atoms with Crippen LogP contribution in [-0.4, -0.2) is 35.2 Å². The molecule has 2 heterocycles. The highest BCUT2D eigenvalue weighted by molar-refractivity contribution is 9.10. The molecule has 110 valence electrons. The van der Waals surface area contributed by atoms with Crippen LogP contribution in [0.25, 0.3) is 0 Å². The lowest BCUT2D eigenvalue weighted by Gasteiger charge is -2.33. The van der Waals surface area contributed by atoms with E-state index in [1.165, 1.54) is 19.3 Å². The molecule has 0 aliphatic carbocycles. The minimum Gasteiger partial charge on any atom is -0.508 e. The molecule has 2 fully saturated rings. The summed E-state index contributed by atoms with van der Waals surface area (Å²) in [5.41, 5.74) is 1.06. The topological polar surface area (TPSA) is 35.5 Å². The van der Waals surface area contributed by atoms with Crippen LogP contribution in [0.3, 0.4) is 0 Å². The van der Waals surface area contributed by atoms with Gasteiger partial charge in [0.05, 0.1) is 0 Å². The third kappa shape index (κ3) is 2.87. The second-order valence-corrected chi connectivity index (χ2v) is 6.96. The molecule has 2 aliphatic heterocycles. The molecule has 3 unspecified atom stereocenters. The van der Waals surface area contributed by atoms with Crippen LogP contribution < -0.4 is 5.32 Å². The Balaban J connectivity index is 1.83. The molecule has 0 saturated carbocycles. The Morgan fingerprint density at radius 2 is 2.15 bits per heavy atom. The molecule has 20 heavy (non-hydrogen) atoms. The molecule has 0 radical (unpaired) electrons. The summed E-state index contributed by atoms with van der Waals surface area (Å²) in [4.78, 5) is 2.55. The second kappa shape index (κ2) is 6.04. The highest BCUT2D eigenvalue weighted by Gasteiger charge is 2.32. The van der Waals surface area contributed by atoms with Gasteiger partial charge in [-0.3, -0.25) is 4.90 Å². The molecule has 1 aromatic carbocycles. The van der Waals surface area contributed by atoms with Crippen LogP contribution >= 0.6 is 15.9 Å². The molecular formula is C16H23BrN2O. The molecule has 2 bridgehead atoms. The lowest BCUT2D eigenvalue weighted by Crippen LogP contribution is -2.37. The number of hydrogen-bond donors (Lipinski definition) is 2. The van der Waals surface area contributed by atoms with E-state index < -0.39 is 0 Å². The fourth-order valence-electron chi connectivity index (χ4n) is 3.72. The average molecular weight is 339 g/mol. The van der Waals surface area contributed by atoms with Gasteiger partial charge in [-0.25, -0.2) is 0 Å². The fourth-order valence-corrected chi connectivity index (χ4v) is 4.10. The van der Waals surface area contributed by atoms with Crippen molar-refractivity contribution in [3.8, 4) is 5.75 Å². The van der Waals surface area contributed by atoms with Gasteiger partial charge in [0, 0.05) is 41.3 Å². The number of likely N-dealkylation sites (tertiary alicyclic amines) is 1. The Kier molecular flexibility index (Phi) is 4.34. The molecule has 0 aromatic heterocycles. The van der Waals surface area contributed by atoms with Gasteiger partial charge in [-0.05, 0) is 43.9 Å². The third-order valence-electron chi connectivity index (χ3n) is 4.73. The first kappa shape index (κ1) is 14.4. The Bertz CT molecular complexity index is 480. The molecule has 3 rings (SSSR count). The van der Waals surface area contributed by atoms with Crippen molar-refractivity contribution in [3.05, 3.63) is 28.2 Å². The molecule has 2 aliphatic rings. The predicted molar refractivity (Wildman–Crippen MR) is 85.0 cm³/mol. The van der Waals surface area contributed by atoms with E-state index in [0.29, 0.717) is 23.9 Å². The maximum absolute atomic E-state index is 10.2. The normalized spacial score (nSPS) is 28.3. The molecule has 2 saturated heterocycles. The number of phenols is 1. The largest absolute Gasteiger partial charge is 0.508 e. The molecule has 0 spiro atoms. The van der Waals surface area contributed by atoms with E-state index in [0.717, 1.165) is 29.5 Å². The quantitative estimate of drug-likeness (QED) is 0.886. The first-order valence-corrected chi connectivity index (χ1v) is 8.45. The highest BCUT2D eigenvalue weighted by Crippen LogP contribution is 2.35. The van der Waals surface area contributed by atoms with E-state index in [2.05, 4.69) is 39.1 Å². The number of nitrogens with one attached hydrogen (secondary N) is 1. The number of rotatable bonds is 3. The van der Waals surface area contributed by atoms with Gasteiger partial charge in [0.15, 0.2) is 0 Å². The van der Waals surface area contributed by atoms with Crippen LogP contribution in [0, 0.1) is 0 Å². The lowest BCUT2D eigenvalue weighted by atomic mass is 9.99. The van der Waals surface area contributed by atoms with Crippen LogP contribution in [0.5, 0.6) is 5.75 Å². The zero-order valence-corrected chi connectivity index (χ0v) is 13.6. The maximum atomic E-state index is 10.2. The summed E-state index contributed by atoms with van der Waals surface area (Å²) in [7, 11) is 0. The third-order valence-corrected chi connectivity index (χ3v) is 5.22. The van der Waals surface area contributed by atoms with Crippen molar-refractivity contribution < 1.29 is 5.11 Å². The van der Waals surface area contributed by atoms with Crippen LogP contribution in [-0.2, 0) is 0 Å². The van der Waals surface area contributed by atoms with Gasteiger partial charge in [-0.15, -0.1) is 0 Å². The summed E-state index contributed by atoms with van der Waals surface area (Å²) in [6.07, 6.45) is 4.88. The standard InChI is InChI=1S/C16H23BrN2O/c1-2-15(14-9-11(17)3-6-16(14)20)19-8-7-12-4-5-13(10-19)18-12/h3,6,9,12-13,15,18,20H,2,4-5,7-8,10H2,1H3. The van der Waals surface area contributed by atoms with Gasteiger partial charge >= 0.3 is 0 Å². The summed E-state index contributed by atoms with van der Waals surface area (Å²) < 4.78 is 1.04. The minimum atomic E-state index is 0.314. The Morgan fingerprint density at radius 3 is 2.95 bits per heavy atom. The van der Waals surface area contributed by atoms with E-state index in [1.54, 1.807) is 6.07 Å². The first-order valence-electron chi connectivity index (χ1n) is 7.66. The molecule has 0 amide bonds. The summed E-state index contributed by atoms with van der Waals surface area (Å²) >= 11 is 3.52. The molecule has 1 aromatic rings. The number of aromatic hydroxyl groups is 1.